The normalized spacial score (nSPS) is 19.3. The van der Waals surface area contributed by atoms with Gasteiger partial charge in [-0.3, -0.25) is 4.79 Å². The molecule has 0 aromatic rings. The van der Waals surface area contributed by atoms with E-state index in [1.165, 1.54) is 38.9 Å². The van der Waals surface area contributed by atoms with Gasteiger partial charge >= 0.3 is 0 Å². The Kier molecular flexibility index (Phi) is 5.40. The highest BCUT2D eigenvalue weighted by molar-refractivity contribution is 5.84. The third-order valence-electron chi connectivity index (χ3n) is 3.38. The van der Waals surface area contributed by atoms with E-state index in [-0.39, 0.29) is 5.91 Å². The summed E-state index contributed by atoms with van der Waals surface area (Å²) in [5.74, 6) is 0.572. The molecule has 0 unspecified atom stereocenters. The Balaban J connectivity index is 2.21. The molecule has 0 radical (unpaired) electrons. The van der Waals surface area contributed by atoms with Crippen LogP contribution in [0.5, 0.6) is 0 Å². The lowest BCUT2D eigenvalue weighted by molar-refractivity contribution is -0.125. The van der Waals surface area contributed by atoms with Crippen LogP contribution in [0.4, 0.5) is 0 Å². The Morgan fingerprint density at radius 2 is 2.00 bits per heavy atom. The largest absolute Gasteiger partial charge is 0.354 e. The number of hydrogen-bond acceptors (Lipinski definition) is 3. The molecule has 1 aliphatic rings. The molecule has 1 amide bonds. The second-order valence-electron chi connectivity index (χ2n) is 5.72. The number of amides is 1. The van der Waals surface area contributed by atoms with Gasteiger partial charge in [-0.15, -0.1) is 0 Å². The van der Waals surface area contributed by atoms with Gasteiger partial charge in [0.15, 0.2) is 0 Å². The topological polar surface area (TPSA) is 58.4 Å². The number of likely N-dealkylation sites (tertiary alicyclic amines) is 1. The first-order valence-electron chi connectivity index (χ1n) is 6.73. The van der Waals surface area contributed by atoms with Gasteiger partial charge in [0.1, 0.15) is 0 Å². The molecule has 0 bridgehead atoms. The van der Waals surface area contributed by atoms with Crippen molar-refractivity contribution in [3.05, 3.63) is 0 Å². The monoisotopic (exact) mass is 241 g/mol. The van der Waals surface area contributed by atoms with Crippen LogP contribution in [-0.4, -0.2) is 42.5 Å². The number of piperidine rings is 1. The van der Waals surface area contributed by atoms with Crippen LogP contribution < -0.4 is 11.1 Å². The fraction of sp³-hybridized carbons (Fsp3) is 0.923. The van der Waals surface area contributed by atoms with Gasteiger partial charge in [-0.1, -0.05) is 6.92 Å². The number of nitrogens with two attached hydrogens (primary N) is 1. The van der Waals surface area contributed by atoms with Crippen molar-refractivity contribution >= 4 is 5.91 Å². The first-order chi connectivity index (χ1) is 7.93. The molecule has 3 N–H and O–H groups in total. The van der Waals surface area contributed by atoms with Gasteiger partial charge in [0.25, 0.3) is 0 Å². The second kappa shape index (κ2) is 6.36. The predicted molar refractivity (Wildman–Crippen MR) is 70.7 cm³/mol. The van der Waals surface area contributed by atoms with Crippen molar-refractivity contribution in [2.75, 3.05) is 26.2 Å². The lowest BCUT2D eigenvalue weighted by Crippen LogP contribution is -2.50. The molecule has 0 saturated carbocycles. The molecule has 0 aromatic heterocycles. The van der Waals surface area contributed by atoms with Crippen LogP contribution in [0.25, 0.3) is 0 Å². The molecule has 1 rings (SSSR count). The van der Waals surface area contributed by atoms with E-state index >= 15 is 0 Å². The lowest BCUT2D eigenvalue weighted by Gasteiger charge is -2.32. The minimum absolute atomic E-state index is 0.0477. The van der Waals surface area contributed by atoms with E-state index in [0.717, 1.165) is 6.54 Å². The van der Waals surface area contributed by atoms with Gasteiger partial charge in [0.05, 0.1) is 5.54 Å². The zero-order chi connectivity index (χ0) is 12.9. The number of hydrogen-bond donors (Lipinski definition) is 2. The molecule has 0 aromatic carbocycles. The molecule has 4 nitrogen and oxygen atoms in total. The summed E-state index contributed by atoms with van der Waals surface area (Å²) in [6.07, 6.45) is 3.60. The molecular formula is C13H27N3O. The van der Waals surface area contributed by atoms with Gasteiger partial charge in [0.2, 0.25) is 5.91 Å². The Hall–Kier alpha value is -0.610. The molecule has 100 valence electrons. The fourth-order valence-electron chi connectivity index (χ4n) is 2.20. The molecule has 0 aliphatic carbocycles. The zero-order valence-electron chi connectivity index (χ0n) is 11.5. The van der Waals surface area contributed by atoms with Crippen molar-refractivity contribution in [3.63, 3.8) is 0 Å². The number of rotatable bonds is 5. The second-order valence-corrected chi connectivity index (χ2v) is 5.72. The van der Waals surface area contributed by atoms with Crippen molar-refractivity contribution in [3.8, 4) is 0 Å². The number of carbonyl (C=O) groups excluding carboxylic acids is 1. The van der Waals surface area contributed by atoms with Crippen LogP contribution in [-0.2, 0) is 4.79 Å². The molecule has 1 saturated heterocycles. The first-order valence-corrected chi connectivity index (χ1v) is 6.73. The van der Waals surface area contributed by atoms with Gasteiger partial charge in [-0.05, 0) is 58.7 Å². The summed E-state index contributed by atoms with van der Waals surface area (Å²) < 4.78 is 0. The summed E-state index contributed by atoms with van der Waals surface area (Å²) in [4.78, 5) is 14.1. The highest BCUT2D eigenvalue weighted by atomic mass is 16.2. The molecule has 0 atom stereocenters. The Labute approximate surface area is 105 Å². The van der Waals surface area contributed by atoms with Crippen LogP contribution in [0.2, 0.25) is 0 Å². The standard InChI is InChI=1S/C13H27N3O/c1-4-7-16-8-5-11(6-9-16)10-15-12(17)13(2,3)14/h11H,4-10,14H2,1-3H3,(H,15,17). The SMILES string of the molecule is CCCN1CCC(CNC(=O)C(C)(C)N)CC1. The quantitative estimate of drug-likeness (QED) is 0.754. The van der Waals surface area contributed by atoms with E-state index in [2.05, 4.69) is 17.1 Å². The minimum Gasteiger partial charge on any atom is -0.354 e. The van der Waals surface area contributed by atoms with E-state index in [1.807, 2.05) is 0 Å². The van der Waals surface area contributed by atoms with Crippen LogP contribution in [0.15, 0.2) is 0 Å². The molecule has 1 fully saturated rings. The third kappa shape index (κ3) is 5.04. The molecule has 0 spiro atoms. The summed E-state index contributed by atoms with van der Waals surface area (Å²) >= 11 is 0. The maximum Gasteiger partial charge on any atom is 0.239 e. The molecule has 4 heteroatoms. The average Bonchev–Trinajstić information content (AvgIpc) is 2.27. The van der Waals surface area contributed by atoms with E-state index in [9.17, 15) is 4.79 Å². The van der Waals surface area contributed by atoms with Crippen LogP contribution in [0, 0.1) is 5.92 Å². The summed E-state index contributed by atoms with van der Waals surface area (Å²) in [6, 6.07) is 0. The zero-order valence-corrected chi connectivity index (χ0v) is 11.5. The Morgan fingerprint density at radius 1 is 1.41 bits per heavy atom. The summed E-state index contributed by atoms with van der Waals surface area (Å²) in [5, 5.41) is 2.96. The van der Waals surface area contributed by atoms with Gasteiger partial charge in [0, 0.05) is 6.54 Å². The third-order valence-corrected chi connectivity index (χ3v) is 3.38. The van der Waals surface area contributed by atoms with Crippen LogP contribution in [0.1, 0.15) is 40.0 Å². The summed E-state index contributed by atoms with van der Waals surface area (Å²) in [6.45, 7) is 10.0. The lowest BCUT2D eigenvalue weighted by atomic mass is 9.96. The highest BCUT2D eigenvalue weighted by Crippen LogP contribution is 2.16. The Morgan fingerprint density at radius 3 is 2.47 bits per heavy atom. The number of nitrogens with one attached hydrogen (secondary N) is 1. The van der Waals surface area contributed by atoms with Crippen molar-refractivity contribution in [1.29, 1.82) is 0 Å². The summed E-state index contributed by atoms with van der Waals surface area (Å²) in [7, 11) is 0. The molecule has 17 heavy (non-hydrogen) atoms. The molecular weight excluding hydrogens is 214 g/mol. The van der Waals surface area contributed by atoms with E-state index in [0.29, 0.717) is 5.92 Å². The van der Waals surface area contributed by atoms with Gasteiger partial charge in [-0.25, -0.2) is 0 Å². The maximum absolute atomic E-state index is 11.6. The average molecular weight is 241 g/mol. The van der Waals surface area contributed by atoms with Gasteiger partial charge < -0.3 is 16.0 Å². The fourth-order valence-corrected chi connectivity index (χ4v) is 2.20. The van der Waals surface area contributed by atoms with Crippen LogP contribution in [0.3, 0.4) is 0 Å². The predicted octanol–water partition coefficient (Wildman–Crippen LogP) is 0.962. The highest BCUT2D eigenvalue weighted by Gasteiger charge is 2.24. The minimum atomic E-state index is -0.761. The van der Waals surface area contributed by atoms with Crippen molar-refractivity contribution < 1.29 is 4.79 Å². The Bertz CT molecular complexity index is 240. The van der Waals surface area contributed by atoms with E-state index in [1.54, 1.807) is 13.8 Å². The first kappa shape index (κ1) is 14.5. The van der Waals surface area contributed by atoms with E-state index in [4.69, 9.17) is 5.73 Å². The van der Waals surface area contributed by atoms with Gasteiger partial charge in [-0.2, -0.15) is 0 Å². The number of nitrogens with zero attached hydrogens (tertiary/aromatic N) is 1. The number of carbonyl (C=O) groups is 1. The summed E-state index contributed by atoms with van der Waals surface area (Å²) in [5.41, 5.74) is 4.97. The molecule has 1 heterocycles. The van der Waals surface area contributed by atoms with Crippen molar-refractivity contribution in [2.45, 2.75) is 45.6 Å². The van der Waals surface area contributed by atoms with Crippen molar-refractivity contribution in [2.24, 2.45) is 11.7 Å². The maximum atomic E-state index is 11.6. The van der Waals surface area contributed by atoms with Crippen LogP contribution >= 0.6 is 0 Å². The van der Waals surface area contributed by atoms with Crippen molar-refractivity contribution in [1.82, 2.24) is 10.2 Å². The molecule has 1 aliphatic heterocycles. The van der Waals surface area contributed by atoms with E-state index < -0.39 is 5.54 Å². The smallest absolute Gasteiger partial charge is 0.239 e.